The average molecular weight is 272 g/mol. The van der Waals surface area contributed by atoms with Crippen molar-refractivity contribution in [2.75, 3.05) is 19.6 Å². The van der Waals surface area contributed by atoms with E-state index in [0.29, 0.717) is 12.1 Å². The van der Waals surface area contributed by atoms with E-state index in [9.17, 15) is 0 Å². The lowest BCUT2D eigenvalue weighted by atomic mass is 9.97. The number of hydrogen-bond donors (Lipinski definition) is 1. The third kappa shape index (κ3) is 3.07. The fraction of sp³-hybridized carbons (Fsp3) is 0.667. The van der Waals surface area contributed by atoms with Crippen LogP contribution in [0.4, 0.5) is 0 Å². The van der Waals surface area contributed by atoms with E-state index in [1.807, 2.05) is 0 Å². The van der Waals surface area contributed by atoms with E-state index in [4.69, 9.17) is 0 Å². The second-order valence-corrected chi connectivity index (χ2v) is 6.83. The van der Waals surface area contributed by atoms with Gasteiger partial charge in [0.25, 0.3) is 0 Å². The lowest BCUT2D eigenvalue weighted by Gasteiger charge is -2.37. The minimum absolute atomic E-state index is 0.649. The molecule has 1 aromatic carbocycles. The summed E-state index contributed by atoms with van der Waals surface area (Å²) in [5.41, 5.74) is 3.15. The minimum Gasteiger partial charge on any atom is -0.316 e. The number of nitrogens with one attached hydrogen (secondary N) is 1. The average Bonchev–Trinajstić information content (AvgIpc) is 2.89. The van der Waals surface area contributed by atoms with E-state index in [2.05, 4.69) is 48.3 Å². The van der Waals surface area contributed by atoms with Crippen LogP contribution in [0, 0.1) is 5.92 Å². The molecule has 0 spiro atoms. The highest BCUT2D eigenvalue weighted by Crippen LogP contribution is 2.28. The van der Waals surface area contributed by atoms with E-state index < -0.39 is 0 Å². The zero-order valence-corrected chi connectivity index (χ0v) is 12.9. The summed E-state index contributed by atoms with van der Waals surface area (Å²) in [5.74, 6) is 0.842. The summed E-state index contributed by atoms with van der Waals surface area (Å²) in [5, 5.41) is 3.56. The van der Waals surface area contributed by atoms with Gasteiger partial charge in [0.15, 0.2) is 0 Å². The van der Waals surface area contributed by atoms with Crippen LogP contribution in [-0.4, -0.2) is 36.6 Å². The summed E-state index contributed by atoms with van der Waals surface area (Å²) in [6.45, 7) is 8.41. The van der Waals surface area contributed by atoms with Gasteiger partial charge in [0.2, 0.25) is 0 Å². The molecule has 20 heavy (non-hydrogen) atoms. The highest BCUT2D eigenvalue weighted by molar-refractivity contribution is 5.33. The Morgan fingerprint density at radius 3 is 2.45 bits per heavy atom. The van der Waals surface area contributed by atoms with Crippen LogP contribution in [0.25, 0.3) is 0 Å². The standard InChI is InChI=1S/C18H28N2/c1-14(2)20(13-15-6-5-9-19-12-15)18-10-16-7-3-4-8-17(16)11-18/h3-4,7-8,14-15,18-19H,5-6,9-13H2,1-2H3. The van der Waals surface area contributed by atoms with Gasteiger partial charge in [-0.25, -0.2) is 0 Å². The summed E-state index contributed by atoms with van der Waals surface area (Å²) in [6.07, 6.45) is 5.24. The van der Waals surface area contributed by atoms with Crippen LogP contribution in [0.5, 0.6) is 0 Å². The van der Waals surface area contributed by atoms with Crippen LogP contribution in [0.3, 0.4) is 0 Å². The first kappa shape index (κ1) is 14.1. The number of fused-ring (bicyclic) bond motifs is 1. The third-order valence-electron chi connectivity index (χ3n) is 5.03. The molecule has 1 fully saturated rings. The van der Waals surface area contributed by atoms with Gasteiger partial charge in [-0.1, -0.05) is 24.3 Å². The molecule has 1 atom stereocenters. The molecule has 1 heterocycles. The Bertz CT molecular complexity index is 410. The summed E-state index contributed by atoms with van der Waals surface area (Å²) in [7, 11) is 0. The second kappa shape index (κ2) is 6.28. The number of hydrogen-bond acceptors (Lipinski definition) is 2. The summed E-state index contributed by atoms with van der Waals surface area (Å²) in [6, 6.07) is 10.4. The molecule has 2 nitrogen and oxygen atoms in total. The summed E-state index contributed by atoms with van der Waals surface area (Å²) in [4.78, 5) is 2.76. The van der Waals surface area contributed by atoms with Gasteiger partial charge in [-0.15, -0.1) is 0 Å². The van der Waals surface area contributed by atoms with E-state index in [-0.39, 0.29) is 0 Å². The molecule has 0 saturated carbocycles. The fourth-order valence-electron chi connectivity index (χ4n) is 3.93. The van der Waals surface area contributed by atoms with Crippen molar-refractivity contribution >= 4 is 0 Å². The van der Waals surface area contributed by atoms with Crippen molar-refractivity contribution in [1.82, 2.24) is 10.2 Å². The maximum absolute atomic E-state index is 3.56. The largest absolute Gasteiger partial charge is 0.316 e. The summed E-state index contributed by atoms with van der Waals surface area (Å²) < 4.78 is 0. The van der Waals surface area contributed by atoms with Gasteiger partial charge in [-0.3, -0.25) is 4.90 Å². The van der Waals surface area contributed by atoms with E-state index in [1.165, 1.54) is 45.3 Å². The van der Waals surface area contributed by atoms with Crippen LogP contribution in [-0.2, 0) is 12.8 Å². The molecule has 2 aliphatic rings. The van der Waals surface area contributed by atoms with E-state index in [1.54, 1.807) is 11.1 Å². The molecule has 1 unspecified atom stereocenters. The molecule has 2 heteroatoms. The van der Waals surface area contributed by atoms with Gasteiger partial charge in [-0.05, 0) is 69.7 Å². The Morgan fingerprint density at radius 2 is 1.90 bits per heavy atom. The first-order valence-corrected chi connectivity index (χ1v) is 8.27. The smallest absolute Gasteiger partial charge is 0.0179 e. The molecule has 1 aliphatic carbocycles. The predicted octanol–water partition coefficient (Wildman–Crippen LogP) is 2.86. The molecular weight excluding hydrogens is 244 g/mol. The predicted molar refractivity (Wildman–Crippen MR) is 85.1 cm³/mol. The topological polar surface area (TPSA) is 15.3 Å². The SMILES string of the molecule is CC(C)N(CC1CCCNC1)C1Cc2ccccc2C1. The van der Waals surface area contributed by atoms with Crippen molar-refractivity contribution in [3.05, 3.63) is 35.4 Å². The van der Waals surface area contributed by atoms with Crippen LogP contribution < -0.4 is 5.32 Å². The van der Waals surface area contributed by atoms with Crippen molar-refractivity contribution in [2.24, 2.45) is 5.92 Å². The maximum Gasteiger partial charge on any atom is 0.0179 e. The molecule has 1 N–H and O–H groups in total. The van der Waals surface area contributed by atoms with Crippen LogP contribution >= 0.6 is 0 Å². The van der Waals surface area contributed by atoms with Gasteiger partial charge in [-0.2, -0.15) is 0 Å². The van der Waals surface area contributed by atoms with Gasteiger partial charge in [0, 0.05) is 18.6 Å². The number of piperidine rings is 1. The Balaban J connectivity index is 1.66. The molecule has 1 saturated heterocycles. The Kier molecular flexibility index (Phi) is 4.42. The monoisotopic (exact) mass is 272 g/mol. The van der Waals surface area contributed by atoms with E-state index >= 15 is 0 Å². The van der Waals surface area contributed by atoms with E-state index in [0.717, 1.165) is 5.92 Å². The normalized spacial score (nSPS) is 23.5. The van der Waals surface area contributed by atoms with Crippen molar-refractivity contribution in [1.29, 1.82) is 0 Å². The van der Waals surface area contributed by atoms with Crippen molar-refractivity contribution in [3.63, 3.8) is 0 Å². The number of rotatable bonds is 4. The van der Waals surface area contributed by atoms with Gasteiger partial charge < -0.3 is 5.32 Å². The molecule has 0 bridgehead atoms. The van der Waals surface area contributed by atoms with Crippen LogP contribution in [0.2, 0.25) is 0 Å². The molecule has 0 aromatic heterocycles. The van der Waals surface area contributed by atoms with Crippen LogP contribution in [0.15, 0.2) is 24.3 Å². The summed E-state index contributed by atoms with van der Waals surface area (Å²) >= 11 is 0. The molecule has 3 rings (SSSR count). The second-order valence-electron chi connectivity index (χ2n) is 6.83. The molecule has 0 amide bonds. The fourth-order valence-corrected chi connectivity index (χ4v) is 3.93. The minimum atomic E-state index is 0.649. The lowest BCUT2D eigenvalue weighted by Crippen LogP contribution is -2.46. The Hall–Kier alpha value is -0.860. The van der Waals surface area contributed by atoms with Crippen molar-refractivity contribution in [2.45, 2.75) is 51.6 Å². The van der Waals surface area contributed by atoms with Crippen molar-refractivity contribution < 1.29 is 0 Å². The zero-order chi connectivity index (χ0) is 13.9. The quantitative estimate of drug-likeness (QED) is 0.906. The van der Waals surface area contributed by atoms with Gasteiger partial charge in [0.05, 0.1) is 0 Å². The van der Waals surface area contributed by atoms with Crippen LogP contribution in [0.1, 0.15) is 37.8 Å². The zero-order valence-electron chi connectivity index (χ0n) is 12.9. The Labute approximate surface area is 123 Å². The maximum atomic E-state index is 3.56. The Morgan fingerprint density at radius 1 is 1.20 bits per heavy atom. The molecule has 1 aromatic rings. The first-order chi connectivity index (χ1) is 9.74. The highest BCUT2D eigenvalue weighted by atomic mass is 15.2. The molecular formula is C18H28N2. The lowest BCUT2D eigenvalue weighted by molar-refractivity contribution is 0.122. The van der Waals surface area contributed by atoms with Crippen molar-refractivity contribution in [3.8, 4) is 0 Å². The molecule has 1 aliphatic heterocycles. The number of nitrogens with zero attached hydrogens (tertiary/aromatic N) is 1. The first-order valence-electron chi connectivity index (χ1n) is 8.27. The van der Waals surface area contributed by atoms with Gasteiger partial charge >= 0.3 is 0 Å². The third-order valence-corrected chi connectivity index (χ3v) is 5.03. The molecule has 110 valence electrons. The highest BCUT2D eigenvalue weighted by Gasteiger charge is 2.30. The molecule has 0 radical (unpaired) electrons. The van der Waals surface area contributed by atoms with Gasteiger partial charge in [0.1, 0.15) is 0 Å². The number of benzene rings is 1.